The fourth-order valence-corrected chi connectivity index (χ4v) is 2.41. The molecule has 0 aromatic carbocycles. The van der Waals surface area contributed by atoms with Gasteiger partial charge >= 0.3 is 0 Å². The highest BCUT2D eigenvalue weighted by Gasteiger charge is 2.19. The van der Waals surface area contributed by atoms with Crippen LogP contribution in [0.1, 0.15) is 44.1 Å². The van der Waals surface area contributed by atoms with Crippen LogP contribution in [0.15, 0.2) is 17.6 Å². The molecule has 0 amide bonds. The maximum atomic E-state index is 4.38. The van der Waals surface area contributed by atoms with Crippen LogP contribution in [0.5, 0.6) is 0 Å². The Kier molecular flexibility index (Phi) is 4.83. The Morgan fingerprint density at radius 1 is 1.39 bits per heavy atom. The van der Waals surface area contributed by atoms with Crippen LogP contribution in [0.2, 0.25) is 0 Å². The molecule has 0 saturated carbocycles. The molecule has 0 radical (unpaired) electrons. The van der Waals surface area contributed by atoms with E-state index in [-0.39, 0.29) is 6.04 Å². The third-order valence-corrected chi connectivity index (χ3v) is 3.27. The van der Waals surface area contributed by atoms with Crippen molar-refractivity contribution in [2.75, 3.05) is 6.54 Å². The topological polar surface area (TPSA) is 55.6 Å². The Morgan fingerprint density at radius 2 is 2.28 bits per heavy atom. The molecule has 1 N–H and O–H groups in total. The number of rotatable bonds is 7. The van der Waals surface area contributed by atoms with Crippen LogP contribution in [0.3, 0.4) is 0 Å². The third kappa shape index (κ3) is 2.94. The monoisotopic (exact) mass is 265 g/mol. The number of nitrogens with one attached hydrogen (secondary N) is 1. The van der Waals surface area contributed by atoms with Crippen molar-refractivity contribution in [2.45, 2.75) is 39.3 Å². The van der Waals surface area contributed by atoms with E-state index in [2.05, 4.69) is 39.9 Å². The SMILES string of the molecule is CCCNC(c1csnn1)c1ccnn1CCC. The van der Waals surface area contributed by atoms with Crippen LogP contribution in [0.4, 0.5) is 0 Å². The van der Waals surface area contributed by atoms with Crippen molar-refractivity contribution >= 4 is 11.5 Å². The standard InChI is InChI=1S/C12H19N5S/c1-3-6-13-12(10-9-18-16-15-10)11-5-7-14-17(11)8-4-2/h5,7,9,12-13H,3-4,6,8H2,1-2H3. The lowest BCUT2D eigenvalue weighted by molar-refractivity contribution is 0.505. The van der Waals surface area contributed by atoms with Gasteiger partial charge in [-0.2, -0.15) is 5.10 Å². The summed E-state index contributed by atoms with van der Waals surface area (Å²) in [6.45, 7) is 6.21. The second kappa shape index (κ2) is 6.61. The van der Waals surface area contributed by atoms with Gasteiger partial charge in [-0.25, -0.2) is 0 Å². The van der Waals surface area contributed by atoms with Crippen molar-refractivity contribution in [3.05, 3.63) is 29.0 Å². The number of hydrogen-bond donors (Lipinski definition) is 1. The zero-order valence-corrected chi connectivity index (χ0v) is 11.7. The summed E-state index contributed by atoms with van der Waals surface area (Å²) in [4.78, 5) is 0. The van der Waals surface area contributed by atoms with Crippen LogP contribution in [0.25, 0.3) is 0 Å². The molecule has 0 aliphatic heterocycles. The van der Waals surface area contributed by atoms with Gasteiger partial charge < -0.3 is 5.32 Å². The summed E-state index contributed by atoms with van der Waals surface area (Å²) in [5.74, 6) is 0. The van der Waals surface area contributed by atoms with Crippen molar-refractivity contribution in [3.8, 4) is 0 Å². The number of nitrogens with zero attached hydrogens (tertiary/aromatic N) is 4. The summed E-state index contributed by atoms with van der Waals surface area (Å²) in [6, 6.07) is 2.15. The van der Waals surface area contributed by atoms with E-state index in [9.17, 15) is 0 Å². The van der Waals surface area contributed by atoms with Gasteiger partial charge in [-0.05, 0) is 37.0 Å². The predicted octanol–water partition coefficient (Wildman–Crippen LogP) is 2.23. The fraction of sp³-hybridized carbons (Fsp3) is 0.583. The van der Waals surface area contributed by atoms with Crippen LogP contribution in [-0.4, -0.2) is 25.9 Å². The highest BCUT2D eigenvalue weighted by atomic mass is 32.1. The van der Waals surface area contributed by atoms with Crippen LogP contribution < -0.4 is 5.32 Å². The molecular weight excluding hydrogens is 246 g/mol. The molecule has 0 spiro atoms. The first-order chi connectivity index (χ1) is 8.86. The van der Waals surface area contributed by atoms with Crippen molar-refractivity contribution in [1.29, 1.82) is 0 Å². The van der Waals surface area contributed by atoms with E-state index in [0.717, 1.165) is 37.3 Å². The summed E-state index contributed by atoms with van der Waals surface area (Å²) < 4.78 is 6.01. The molecule has 5 nitrogen and oxygen atoms in total. The zero-order chi connectivity index (χ0) is 12.8. The highest BCUT2D eigenvalue weighted by molar-refractivity contribution is 7.03. The largest absolute Gasteiger partial charge is 0.304 e. The summed E-state index contributed by atoms with van der Waals surface area (Å²) in [5, 5.41) is 14.1. The smallest absolute Gasteiger partial charge is 0.0986 e. The minimum Gasteiger partial charge on any atom is -0.304 e. The second-order valence-corrected chi connectivity index (χ2v) is 4.81. The molecule has 0 aliphatic rings. The first kappa shape index (κ1) is 13.2. The molecule has 1 atom stereocenters. The summed E-state index contributed by atoms with van der Waals surface area (Å²) in [7, 11) is 0. The number of hydrogen-bond acceptors (Lipinski definition) is 5. The van der Waals surface area contributed by atoms with Gasteiger partial charge in [-0.3, -0.25) is 4.68 Å². The maximum absolute atomic E-state index is 4.38. The molecule has 0 aliphatic carbocycles. The van der Waals surface area contributed by atoms with E-state index in [0.29, 0.717) is 0 Å². The first-order valence-corrected chi connectivity index (χ1v) is 7.22. The first-order valence-electron chi connectivity index (χ1n) is 6.38. The Labute approximate surface area is 111 Å². The normalized spacial score (nSPS) is 12.8. The van der Waals surface area contributed by atoms with Crippen molar-refractivity contribution < 1.29 is 0 Å². The molecule has 0 fully saturated rings. The molecule has 0 saturated heterocycles. The lowest BCUT2D eigenvalue weighted by Gasteiger charge is -2.17. The van der Waals surface area contributed by atoms with E-state index in [4.69, 9.17) is 0 Å². The molecule has 0 bridgehead atoms. The zero-order valence-electron chi connectivity index (χ0n) is 10.8. The van der Waals surface area contributed by atoms with Gasteiger partial charge in [-0.15, -0.1) is 5.10 Å². The summed E-state index contributed by atoms with van der Waals surface area (Å²) in [5.41, 5.74) is 2.14. The lowest BCUT2D eigenvalue weighted by Crippen LogP contribution is -2.26. The summed E-state index contributed by atoms with van der Waals surface area (Å²) in [6.07, 6.45) is 4.02. The van der Waals surface area contributed by atoms with Crippen LogP contribution in [0, 0.1) is 0 Å². The number of aryl methyl sites for hydroxylation is 1. The summed E-state index contributed by atoms with van der Waals surface area (Å²) >= 11 is 1.39. The van der Waals surface area contributed by atoms with Crippen molar-refractivity contribution in [2.24, 2.45) is 0 Å². The highest BCUT2D eigenvalue weighted by Crippen LogP contribution is 2.21. The second-order valence-electron chi connectivity index (χ2n) is 4.20. The van der Waals surface area contributed by atoms with Gasteiger partial charge in [0.25, 0.3) is 0 Å². The molecule has 2 heterocycles. The van der Waals surface area contributed by atoms with Gasteiger partial charge in [0.1, 0.15) is 0 Å². The minimum atomic E-state index is 0.0951. The Bertz CT molecular complexity index is 451. The molecular formula is C12H19N5S. The van der Waals surface area contributed by atoms with Crippen molar-refractivity contribution in [3.63, 3.8) is 0 Å². The van der Waals surface area contributed by atoms with E-state index >= 15 is 0 Å². The fourth-order valence-electron chi connectivity index (χ4n) is 1.93. The molecule has 2 aromatic heterocycles. The molecule has 18 heavy (non-hydrogen) atoms. The average Bonchev–Trinajstić information content (AvgIpc) is 3.02. The Balaban J connectivity index is 2.24. The third-order valence-electron chi connectivity index (χ3n) is 2.75. The van der Waals surface area contributed by atoms with E-state index in [1.807, 2.05) is 16.3 Å². The molecule has 2 aromatic rings. The van der Waals surface area contributed by atoms with Crippen LogP contribution in [-0.2, 0) is 6.54 Å². The Hall–Kier alpha value is -1.27. The van der Waals surface area contributed by atoms with Gasteiger partial charge in [0.05, 0.1) is 17.4 Å². The maximum Gasteiger partial charge on any atom is 0.0986 e. The van der Waals surface area contributed by atoms with Gasteiger partial charge in [0.15, 0.2) is 0 Å². The number of aromatic nitrogens is 4. The molecule has 6 heteroatoms. The lowest BCUT2D eigenvalue weighted by atomic mass is 10.1. The average molecular weight is 265 g/mol. The van der Waals surface area contributed by atoms with Gasteiger partial charge in [0.2, 0.25) is 0 Å². The quantitative estimate of drug-likeness (QED) is 0.834. The van der Waals surface area contributed by atoms with E-state index in [1.165, 1.54) is 11.5 Å². The molecule has 2 rings (SSSR count). The molecule has 1 unspecified atom stereocenters. The molecule has 98 valence electrons. The van der Waals surface area contributed by atoms with Crippen LogP contribution >= 0.6 is 11.5 Å². The Morgan fingerprint density at radius 3 is 2.94 bits per heavy atom. The van der Waals surface area contributed by atoms with E-state index in [1.54, 1.807) is 0 Å². The van der Waals surface area contributed by atoms with E-state index < -0.39 is 0 Å². The van der Waals surface area contributed by atoms with Crippen molar-refractivity contribution in [1.82, 2.24) is 24.7 Å². The van der Waals surface area contributed by atoms with Gasteiger partial charge in [-0.1, -0.05) is 18.3 Å². The van der Waals surface area contributed by atoms with Gasteiger partial charge in [0, 0.05) is 18.1 Å². The predicted molar refractivity (Wildman–Crippen MR) is 72.6 cm³/mol. The minimum absolute atomic E-state index is 0.0951.